The third kappa shape index (κ3) is 5.72. The SMILES string of the molecule is CC(=NNc1ccc([N+](=O)[O-])cc1[N+](=O)[O-])c1ccc(N(C(F)F)S(=O)(=O)c2ccc(Cl)cc2)cc1. The highest BCUT2D eigenvalue weighted by Gasteiger charge is 2.32. The van der Waals surface area contributed by atoms with E-state index in [1.165, 1.54) is 31.2 Å². The molecule has 188 valence electrons. The highest BCUT2D eigenvalue weighted by molar-refractivity contribution is 7.92. The van der Waals surface area contributed by atoms with E-state index in [-0.39, 0.29) is 31.3 Å². The smallest absolute Gasteiger partial charge is 0.271 e. The lowest BCUT2D eigenvalue weighted by molar-refractivity contribution is -0.393. The van der Waals surface area contributed by atoms with Crippen molar-refractivity contribution in [2.75, 3.05) is 9.73 Å². The molecule has 3 aromatic carbocycles. The van der Waals surface area contributed by atoms with Crippen LogP contribution in [0, 0.1) is 20.2 Å². The van der Waals surface area contributed by atoms with Crippen molar-refractivity contribution in [1.29, 1.82) is 0 Å². The van der Waals surface area contributed by atoms with Crippen molar-refractivity contribution < 1.29 is 27.0 Å². The second-order valence-corrected chi connectivity index (χ2v) is 9.36. The number of rotatable bonds is 9. The molecular weight excluding hydrogens is 524 g/mol. The number of non-ortho nitro benzene ring substituents is 1. The van der Waals surface area contributed by atoms with Gasteiger partial charge in [0.2, 0.25) is 0 Å². The minimum Gasteiger partial charge on any atom is -0.271 e. The van der Waals surface area contributed by atoms with Crippen molar-refractivity contribution in [1.82, 2.24) is 0 Å². The van der Waals surface area contributed by atoms with E-state index >= 15 is 0 Å². The van der Waals surface area contributed by atoms with Gasteiger partial charge >= 0.3 is 12.2 Å². The van der Waals surface area contributed by atoms with Gasteiger partial charge in [-0.1, -0.05) is 23.7 Å². The van der Waals surface area contributed by atoms with Gasteiger partial charge in [-0.05, 0) is 55.0 Å². The second-order valence-electron chi connectivity index (χ2n) is 7.10. The minimum atomic E-state index is -4.60. The summed E-state index contributed by atoms with van der Waals surface area (Å²) in [7, 11) is -4.60. The van der Waals surface area contributed by atoms with E-state index in [0.29, 0.717) is 5.56 Å². The van der Waals surface area contributed by atoms with Crippen LogP contribution in [0.25, 0.3) is 0 Å². The van der Waals surface area contributed by atoms with Crippen molar-refractivity contribution in [2.24, 2.45) is 5.10 Å². The van der Waals surface area contributed by atoms with Crippen LogP contribution in [0.1, 0.15) is 12.5 Å². The summed E-state index contributed by atoms with van der Waals surface area (Å²) in [4.78, 5) is 20.1. The maximum absolute atomic E-state index is 13.8. The fourth-order valence-corrected chi connectivity index (χ4v) is 4.46. The van der Waals surface area contributed by atoms with Crippen LogP contribution in [0.3, 0.4) is 0 Å². The van der Waals surface area contributed by atoms with Crippen molar-refractivity contribution in [3.05, 3.63) is 97.5 Å². The van der Waals surface area contributed by atoms with E-state index in [9.17, 15) is 37.4 Å². The Morgan fingerprint density at radius 1 is 1.00 bits per heavy atom. The average Bonchev–Trinajstić information content (AvgIpc) is 2.82. The summed E-state index contributed by atoms with van der Waals surface area (Å²) in [5, 5.41) is 26.3. The highest BCUT2D eigenvalue weighted by Crippen LogP contribution is 2.30. The molecule has 0 spiro atoms. The topological polar surface area (TPSA) is 148 Å². The molecular formula is C21H16ClF2N5O6S. The molecule has 0 aliphatic heterocycles. The summed E-state index contributed by atoms with van der Waals surface area (Å²) in [5.74, 6) is 0. The fourth-order valence-electron chi connectivity index (χ4n) is 3.01. The van der Waals surface area contributed by atoms with Gasteiger partial charge in [0.1, 0.15) is 5.69 Å². The van der Waals surface area contributed by atoms with Crippen LogP contribution in [0.4, 0.5) is 31.5 Å². The number of hydrogen-bond acceptors (Lipinski definition) is 8. The zero-order valence-electron chi connectivity index (χ0n) is 18.2. The van der Waals surface area contributed by atoms with Crippen LogP contribution in [0.2, 0.25) is 5.02 Å². The molecule has 0 radical (unpaired) electrons. The Hall–Kier alpha value is -4.17. The second kappa shape index (κ2) is 10.6. The molecule has 0 aliphatic carbocycles. The fraction of sp³-hybridized carbons (Fsp3) is 0.0952. The number of nitrogens with one attached hydrogen (secondary N) is 1. The van der Waals surface area contributed by atoms with Gasteiger partial charge in [0.15, 0.2) is 0 Å². The first-order chi connectivity index (χ1) is 16.9. The van der Waals surface area contributed by atoms with Crippen LogP contribution >= 0.6 is 11.6 Å². The van der Waals surface area contributed by atoms with Gasteiger partial charge in [-0.15, -0.1) is 0 Å². The van der Waals surface area contributed by atoms with E-state index in [2.05, 4.69) is 10.5 Å². The molecule has 0 heterocycles. The standard InChI is InChI=1S/C21H16ClF2N5O6S/c1-13(25-26-19-11-8-17(28(30)31)12-20(19)29(32)33)14-2-6-16(7-3-14)27(21(23)24)36(34,35)18-9-4-15(22)5-10-18/h2-12,21,26H,1H3. The van der Waals surface area contributed by atoms with Gasteiger partial charge in [0.25, 0.3) is 15.7 Å². The van der Waals surface area contributed by atoms with Crippen molar-refractivity contribution in [3.8, 4) is 0 Å². The lowest BCUT2D eigenvalue weighted by Gasteiger charge is -2.23. The third-order valence-corrected chi connectivity index (χ3v) is 6.83. The van der Waals surface area contributed by atoms with Gasteiger partial charge in [-0.2, -0.15) is 13.9 Å². The molecule has 15 heteroatoms. The van der Waals surface area contributed by atoms with Crippen LogP contribution in [0.15, 0.2) is 76.7 Å². The molecule has 0 atom stereocenters. The van der Waals surface area contributed by atoms with Gasteiger partial charge in [-0.25, -0.2) is 12.7 Å². The molecule has 0 aromatic heterocycles. The summed E-state index contributed by atoms with van der Waals surface area (Å²) < 4.78 is 53.1. The maximum atomic E-state index is 13.8. The number of nitro benzene ring substituents is 2. The number of sulfonamides is 1. The Kier molecular flexibility index (Phi) is 7.80. The number of hydrazone groups is 1. The predicted octanol–water partition coefficient (Wildman–Crippen LogP) is 5.41. The van der Waals surface area contributed by atoms with Crippen molar-refractivity contribution >= 4 is 50.1 Å². The van der Waals surface area contributed by atoms with Crippen LogP contribution < -0.4 is 9.73 Å². The van der Waals surface area contributed by atoms with E-state index in [1.807, 2.05) is 0 Å². The first-order valence-electron chi connectivity index (χ1n) is 9.83. The van der Waals surface area contributed by atoms with Crippen molar-refractivity contribution in [2.45, 2.75) is 18.4 Å². The summed E-state index contributed by atoms with van der Waals surface area (Å²) in [5.41, 5.74) is 1.63. The summed E-state index contributed by atoms with van der Waals surface area (Å²) >= 11 is 5.74. The van der Waals surface area contributed by atoms with Crippen molar-refractivity contribution in [3.63, 3.8) is 0 Å². The molecule has 3 rings (SSSR count). The molecule has 0 saturated carbocycles. The summed E-state index contributed by atoms with van der Waals surface area (Å²) in [6, 6.07) is 12.7. The lowest BCUT2D eigenvalue weighted by atomic mass is 10.1. The molecule has 36 heavy (non-hydrogen) atoms. The molecule has 1 N–H and O–H groups in total. The van der Waals surface area contributed by atoms with E-state index < -0.39 is 37.8 Å². The Balaban J connectivity index is 1.87. The van der Waals surface area contributed by atoms with E-state index in [4.69, 9.17) is 11.6 Å². The monoisotopic (exact) mass is 539 g/mol. The molecule has 0 unspecified atom stereocenters. The normalized spacial score (nSPS) is 11.9. The third-order valence-electron chi connectivity index (χ3n) is 4.82. The maximum Gasteiger partial charge on any atom is 0.328 e. The molecule has 0 bridgehead atoms. The lowest BCUT2D eigenvalue weighted by Crippen LogP contribution is -2.35. The number of nitro groups is 2. The minimum absolute atomic E-state index is 0.0367. The summed E-state index contributed by atoms with van der Waals surface area (Å²) in [6.07, 6.45) is 0. The molecule has 0 aliphatic rings. The molecule has 0 saturated heterocycles. The number of hydrogen-bond donors (Lipinski definition) is 1. The predicted molar refractivity (Wildman–Crippen MR) is 129 cm³/mol. The van der Waals surface area contributed by atoms with Crippen LogP contribution in [0.5, 0.6) is 0 Å². The first-order valence-corrected chi connectivity index (χ1v) is 11.7. The number of alkyl halides is 2. The van der Waals surface area contributed by atoms with Gasteiger partial charge < -0.3 is 0 Å². The summed E-state index contributed by atoms with van der Waals surface area (Å²) in [6.45, 7) is -1.87. The van der Waals surface area contributed by atoms with Crippen LogP contribution in [-0.2, 0) is 10.0 Å². The van der Waals surface area contributed by atoms with E-state index in [0.717, 1.165) is 42.5 Å². The highest BCUT2D eigenvalue weighted by atomic mass is 35.5. The number of benzene rings is 3. The Labute approximate surface area is 208 Å². The quantitative estimate of drug-likeness (QED) is 0.165. The van der Waals surface area contributed by atoms with Gasteiger partial charge in [-0.3, -0.25) is 25.7 Å². The Bertz CT molecular complexity index is 1430. The molecule has 3 aromatic rings. The Morgan fingerprint density at radius 3 is 2.14 bits per heavy atom. The average molecular weight is 540 g/mol. The molecule has 11 nitrogen and oxygen atoms in total. The zero-order valence-corrected chi connectivity index (χ0v) is 19.8. The number of nitrogens with zero attached hydrogens (tertiary/aromatic N) is 4. The van der Waals surface area contributed by atoms with Gasteiger partial charge in [0, 0.05) is 11.1 Å². The largest absolute Gasteiger partial charge is 0.328 e. The number of anilines is 2. The number of halogens is 3. The molecule has 0 fully saturated rings. The zero-order chi connectivity index (χ0) is 26.6. The van der Waals surface area contributed by atoms with Crippen LogP contribution in [-0.4, -0.2) is 30.5 Å². The Morgan fingerprint density at radius 2 is 1.61 bits per heavy atom. The van der Waals surface area contributed by atoms with Gasteiger partial charge in [0.05, 0.1) is 32.2 Å². The molecule has 0 amide bonds. The van der Waals surface area contributed by atoms with E-state index in [1.54, 1.807) is 0 Å². The first kappa shape index (κ1) is 26.4.